The SMILES string of the molecule is C.C#CC(=O)NC(=O)c1cc(-c2cccc(F)c2)sc1C. The summed E-state index contributed by atoms with van der Waals surface area (Å²) >= 11 is 1.35. The van der Waals surface area contributed by atoms with Gasteiger partial charge < -0.3 is 0 Å². The molecule has 0 aliphatic heterocycles. The van der Waals surface area contributed by atoms with Crippen LogP contribution >= 0.6 is 11.3 Å². The summed E-state index contributed by atoms with van der Waals surface area (Å²) in [6.07, 6.45) is 4.90. The largest absolute Gasteiger partial charge is 0.302 e. The van der Waals surface area contributed by atoms with Crippen LogP contribution in [0.3, 0.4) is 0 Å². The third-order valence-electron chi connectivity index (χ3n) is 2.63. The molecule has 0 unspecified atom stereocenters. The summed E-state index contributed by atoms with van der Waals surface area (Å²) in [5.74, 6) is 0.133. The Labute approximate surface area is 126 Å². The summed E-state index contributed by atoms with van der Waals surface area (Å²) < 4.78 is 13.2. The van der Waals surface area contributed by atoms with Crippen molar-refractivity contribution in [3.8, 4) is 22.8 Å². The summed E-state index contributed by atoms with van der Waals surface area (Å²) in [5.41, 5.74) is 1.04. The lowest BCUT2D eigenvalue weighted by Gasteiger charge is -1.98. The Morgan fingerprint density at radius 3 is 2.67 bits per heavy atom. The maximum Gasteiger partial charge on any atom is 0.302 e. The standard InChI is InChI=1S/C15H10FNO2S.CH4/c1-3-14(18)17-15(19)12-8-13(20-9(12)2)10-5-4-6-11(16)7-10;/h1,4-8H,2H3,(H,17,18,19);1H4. The maximum absolute atomic E-state index is 13.2. The molecule has 2 aromatic rings. The fourth-order valence-electron chi connectivity index (χ4n) is 1.70. The van der Waals surface area contributed by atoms with Crippen molar-refractivity contribution < 1.29 is 14.0 Å². The summed E-state index contributed by atoms with van der Waals surface area (Å²) in [5, 5.41) is 2.08. The van der Waals surface area contributed by atoms with E-state index in [-0.39, 0.29) is 13.2 Å². The number of halogens is 1. The van der Waals surface area contributed by atoms with Crippen LogP contribution in [0.2, 0.25) is 0 Å². The van der Waals surface area contributed by atoms with Crippen molar-refractivity contribution in [1.29, 1.82) is 0 Å². The van der Waals surface area contributed by atoms with Crippen LogP contribution in [0.15, 0.2) is 30.3 Å². The number of hydrogen-bond donors (Lipinski definition) is 1. The van der Waals surface area contributed by atoms with E-state index in [1.807, 2.05) is 5.92 Å². The minimum atomic E-state index is -0.784. The lowest BCUT2D eigenvalue weighted by Crippen LogP contribution is -2.29. The van der Waals surface area contributed by atoms with E-state index in [1.54, 1.807) is 25.1 Å². The van der Waals surface area contributed by atoms with Crippen LogP contribution in [-0.2, 0) is 4.79 Å². The molecule has 3 nitrogen and oxygen atoms in total. The normalized spacial score (nSPS) is 9.38. The summed E-state index contributed by atoms with van der Waals surface area (Å²) in [6.45, 7) is 1.75. The number of benzene rings is 1. The first kappa shape index (κ1) is 16.6. The van der Waals surface area contributed by atoms with Gasteiger partial charge in [-0.1, -0.05) is 19.6 Å². The number of aryl methyl sites for hydroxylation is 1. The highest BCUT2D eigenvalue weighted by molar-refractivity contribution is 7.15. The lowest BCUT2D eigenvalue weighted by molar-refractivity contribution is -0.114. The fourth-order valence-corrected chi connectivity index (χ4v) is 2.71. The van der Waals surface area contributed by atoms with Crippen LogP contribution in [0.1, 0.15) is 22.7 Å². The molecule has 0 radical (unpaired) electrons. The zero-order chi connectivity index (χ0) is 14.7. The second-order valence-electron chi connectivity index (χ2n) is 4.02. The van der Waals surface area contributed by atoms with Crippen molar-refractivity contribution in [2.45, 2.75) is 14.4 Å². The second kappa shape index (κ2) is 6.82. The zero-order valence-electron chi connectivity index (χ0n) is 10.6. The van der Waals surface area contributed by atoms with Gasteiger partial charge in [0.05, 0.1) is 5.56 Å². The van der Waals surface area contributed by atoms with Gasteiger partial charge in [0.25, 0.3) is 5.91 Å². The van der Waals surface area contributed by atoms with Gasteiger partial charge in [0.2, 0.25) is 0 Å². The highest BCUT2D eigenvalue weighted by atomic mass is 32.1. The predicted octanol–water partition coefficient (Wildman–Crippen LogP) is 3.39. The van der Waals surface area contributed by atoms with Gasteiger partial charge in [-0.3, -0.25) is 14.9 Å². The minimum absolute atomic E-state index is 0. The van der Waals surface area contributed by atoms with Gasteiger partial charge in [-0.25, -0.2) is 4.39 Å². The Bertz CT molecular complexity index is 728. The van der Waals surface area contributed by atoms with Crippen LogP contribution in [0, 0.1) is 25.1 Å². The first-order valence-electron chi connectivity index (χ1n) is 5.69. The fraction of sp³-hybridized carbons (Fsp3) is 0.125. The molecule has 0 aliphatic rings. The molecule has 5 heteroatoms. The Hall–Kier alpha value is -2.45. The van der Waals surface area contributed by atoms with Crippen molar-refractivity contribution in [2.24, 2.45) is 0 Å². The summed E-state index contributed by atoms with van der Waals surface area (Å²) in [4.78, 5) is 24.3. The molecule has 0 bridgehead atoms. The predicted molar refractivity (Wildman–Crippen MR) is 82.5 cm³/mol. The topological polar surface area (TPSA) is 46.2 Å². The van der Waals surface area contributed by atoms with E-state index in [2.05, 4.69) is 5.32 Å². The van der Waals surface area contributed by atoms with Gasteiger partial charge in [0.15, 0.2) is 0 Å². The third kappa shape index (κ3) is 3.77. The molecule has 0 spiro atoms. The number of rotatable bonds is 2. The first-order chi connectivity index (χ1) is 9.51. The quantitative estimate of drug-likeness (QED) is 0.864. The average molecular weight is 303 g/mol. The van der Waals surface area contributed by atoms with Gasteiger partial charge in [0.1, 0.15) is 5.82 Å². The smallest absolute Gasteiger partial charge is 0.281 e. The molecular formula is C16H14FNO2S. The van der Waals surface area contributed by atoms with E-state index in [1.165, 1.54) is 23.5 Å². The monoisotopic (exact) mass is 303 g/mol. The highest BCUT2D eigenvalue weighted by Crippen LogP contribution is 2.31. The molecule has 0 saturated carbocycles. The van der Waals surface area contributed by atoms with Crippen LogP contribution in [0.4, 0.5) is 4.39 Å². The molecule has 0 fully saturated rings. The van der Waals surface area contributed by atoms with Crippen molar-refractivity contribution in [2.75, 3.05) is 0 Å². The number of thiophene rings is 1. The van der Waals surface area contributed by atoms with E-state index in [0.717, 1.165) is 9.75 Å². The van der Waals surface area contributed by atoms with Crippen molar-refractivity contribution in [1.82, 2.24) is 5.32 Å². The van der Waals surface area contributed by atoms with E-state index in [9.17, 15) is 14.0 Å². The van der Waals surface area contributed by atoms with Gasteiger partial charge in [-0.2, -0.15) is 0 Å². The lowest BCUT2D eigenvalue weighted by atomic mass is 10.1. The number of hydrogen-bond acceptors (Lipinski definition) is 3. The van der Waals surface area contributed by atoms with Gasteiger partial charge >= 0.3 is 5.91 Å². The van der Waals surface area contributed by atoms with E-state index in [0.29, 0.717) is 11.1 Å². The maximum atomic E-state index is 13.2. The molecular weight excluding hydrogens is 289 g/mol. The Kier molecular flexibility index (Phi) is 5.39. The second-order valence-corrected chi connectivity index (χ2v) is 5.27. The van der Waals surface area contributed by atoms with Crippen LogP contribution < -0.4 is 5.32 Å². The van der Waals surface area contributed by atoms with Crippen LogP contribution in [-0.4, -0.2) is 11.8 Å². The number of terminal acetylenes is 1. The van der Waals surface area contributed by atoms with Crippen LogP contribution in [0.25, 0.3) is 10.4 Å². The highest BCUT2D eigenvalue weighted by Gasteiger charge is 2.15. The molecule has 2 amide bonds. The van der Waals surface area contributed by atoms with Crippen molar-refractivity contribution in [3.05, 3.63) is 46.6 Å². The van der Waals surface area contributed by atoms with E-state index >= 15 is 0 Å². The zero-order valence-corrected chi connectivity index (χ0v) is 11.4. The summed E-state index contributed by atoms with van der Waals surface area (Å²) in [6, 6.07) is 7.71. The van der Waals surface area contributed by atoms with Crippen LogP contribution in [0.5, 0.6) is 0 Å². The molecule has 0 atom stereocenters. The molecule has 1 heterocycles. The minimum Gasteiger partial charge on any atom is -0.281 e. The molecule has 0 saturated heterocycles. The molecule has 2 rings (SSSR count). The Morgan fingerprint density at radius 2 is 2.05 bits per heavy atom. The molecule has 21 heavy (non-hydrogen) atoms. The Morgan fingerprint density at radius 1 is 1.33 bits per heavy atom. The Balaban J connectivity index is 0.00000220. The number of imide groups is 1. The molecule has 0 aliphatic carbocycles. The first-order valence-corrected chi connectivity index (χ1v) is 6.51. The van der Waals surface area contributed by atoms with Gasteiger partial charge in [-0.05, 0) is 36.6 Å². The molecule has 1 aromatic heterocycles. The average Bonchev–Trinajstić information content (AvgIpc) is 2.80. The summed E-state index contributed by atoms with van der Waals surface area (Å²) in [7, 11) is 0. The van der Waals surface area contributed by atoms with Crippen molar-refractivity contribution in [3.63, 3.8) is 0 Å². The van der Waals surface area contributed by atoms with Crippen molar-refractivity contribution >= 4 is 23.2 Å². The molecule has 108 valence electrons. The van der Waals surface area contributed by atoms with E-state index < -0.39 is 11.8 Å². The number of amides is 2. The number of carbonyl (C=O) groups excluding carboxylic acids is 2. The van der Waals surface area contributed by atoms with Gasteiger partial charge in [-0.15, -0.1) is 17.8 Å². The number of nitrogens with one attached hydrogen (secondary N) is 1. The third-order valence-corrected chi connectivity index (χ3v) is 3.73. The molecule has 1 N–H and O–H groups in total. The number of carbonyl (C=O) groups is 2. The van der Waals surface area contributed by atoms with Gasteiger partial charge in [0, 0.05) is 9.75 Å². The van der Waals surface area contributed by atoms with E-state index in [4.69, 9.17) is 6.42 Å². The molecule has 1 aromatic carbocycles.